The van der Waals surface area contributed by atoms with Crippen molar-refractivity contribution in [3.05, 3.63) is 47.5 Å². The van der Waals surface area contributed by atoms with Crippen molar-refractivity contribution >= 4 is 16.8 Å². The van der Waals surface area contributed by atoms with Crippen molar-refractivity contribution in [3.8, 4) is 5.88 Å². The summed E-state index contributed by atoms with van der Waals surface area (Å²) in [6, 6.07) is 11.8. The molecule has 1 aromatic carbocycles. The van der Waals surface area contributed by atoms with E-state index in [2.05, 4.69) is 4.98 Å². The van der Waals surface area contributed by atoms with Gasteiger partial charge in [0.05, 0.1) is 11.4 Å². The number of hydrogen-bond donors (Lipinski definition) is 0. The molecule has 1 aliphatic carbocycles. The fraction of sp³-hybridized carbons (Fsp3) is 0.353. The molecule has 1 aromatic heterocycles. The molecule has 2 heterocycles. The second kappa shape index (κ2) is 5.39. The molecule has 2 aliphatic rings. The molecule has 4 rings (SSSR count). The standard InChI is InChI=1S/C17H18N2O2S/c1-12-9-16(18-17(10-12)21-14-6-4-7-14)19-11-13-5-2-3-8-15(13)22(19)20/h2-3,5,8-10,14H,4,6-7,11H2,1H3. The van der Waals surface area contributed by atoms with Gasteiger partial charge in [0.1, 0.15) is 11.9 Å². The van der Waals surface area contributed by atoms with E-state index in [9.17, 15) is 4.21 Å². The van der Waals surface area contributed by atoms with E-state index in [4.69, 9.17) is 4.74 Å². The Balaban J connectivity index is 1.64. The number of ether oxygens (including phenoxy) is 1. The third-order valence-corrected chi connectivity index (χ3v) is 5.69. The van der Waals surface area contributed by atoms with Crippen molar-refractivity contribution in [2.24, 2.45) is 0 Å². The largest absolute Gasteiger partial charge is 0.474 e. The predicted molar refractivity (Wildman–Crippen MR) is 86.3 cm³/mol. The lowest BCUT2D eigenvalue weighted by Crippen LogP contribution is -2.25. The first-order valence-electron chi connectivity index (χ1n) is 7.63. The molecule has 0 saturated heterocycles. The number of nitrogens with zero attached hydrogens (tertiary/aromatic N) is 2. The maximum absolute atomic E-state index is 12.7. The zero-order valence-corrected chi connectivity index (χ0v) is 13.3. The van der Waals surface area contributed by atoms with E-state index in [0.29, 0.717) is 18.5 Å². The van der Waals surface area contributed by atoms with Gasteiger partial charge in [0, 0.05) is 6.07 Å². The molecule has 22 heavy (non-hydrogen) atoms. The van der Waals surface area contributed by atoms with Crippen molar-refractivity contribution in [1.29, 1.82) is 0 Å². The van der Waals surface area contributed by atoms with Gasteiger partial charge in [-0.15, -0.1) is 0 Å². The Bertz CT molecular complexity index is 743. The first-order valence-corrected chi connectivity index (χ1v) is 8.74. The predicted octanol–water partition coefficient (Wildman–Crippen LogP) is 3.36. The van der Waals surface area contributed by atoms with Gasteiger partial charge >= 0.3 is 0 Å². The molecule has 1 saturated carbocycles. The van der Waals surface area contributed by atoms with E-state index in [1.807, 2.05) is 47.6 Å². The van der Waals surface area contributed by atoms with Crippen molar-refractivity contribution in [3.63, 3.8) is 0 Å². The minimum absolute atomic E-state index is 0.295. The number of aromatic nitrogens is 1. The van der Waals surface area contributed by atoms with E-state index in [1.54, 1.807) is 0 Å². The van der Waals surface area contributed by atoms with Crippen LogP contribution in [0.15, 0.2) is 41.3 Å². The van der Waals surface area contributed by atoms with Crippen molar-refractivity contribution in [2.45, 2.75) is 43.7 Å². The van der Waals surface area contributed by atoms with Gasteiger partial charge in [-0.25, -0.2) is 4.21 Å². The van der Waals surface area contributed by atoms with E-state index in [-0.39, 0.29) is 0 Å². The Hall–Kier alpha value is -1.88. The van der Waals surface area contributed by atoms with E-state index < -0.39 is 11.0 Å². The van der Waals surface area contributed by atoms with Crippen molar-refractivity contribution in [1.82, 2.24) is 4.98 Å². The molecule has 0 bridgehead atoms. The highest BCUT2D eigenvalue weighted by atomic mass is 32.2. The SMILES string of the molecule is Cc1cc(OC2CCC2)nc(N2Cc3ccccc3S2=O)c1. The lowest BCUT2D eigenvalue weighted by molar-refractivity contribution is 0.115. The highest BCUT2D eigenvalue weighted by Gasteiger charge is 2.28. The van der Waals surface area contributed by atoms with Gasteiger partial charge in [-0.1, -0.05) is 18.2 Å². The average Bonchev–Trinajstić information content (AvgIpc) is 2.80. The maximum Gasteiger partial charge on any atom is 0.215 e. The molecule has 1 fully saturated rings. The highest BCUT2D eigenvalue weighted by Crippen LogP contribution is 2.33. The van der Waals surface area contributed by atoms with Crippen LogP contribution in [0, 0.1) is 6.92 Å². The molecular formula is C17H18N2O2S. The maximum atomic E-state index is 12.7. The minimum Gasteiger partial charge on any atom is -0.474 e. The van der Waals surface area contributed by atoms with Gasteiger partial charge < -0.3 is 4.74 Å². The second-order valence-corrected chi connectivity index (χ2v) is 7.28. The Kier molecular flexibility index (Phi) is 3.37. The summed E-state index contributed by atoms with van der Waals surface area (Å²) in [5.74, 6) is 1.37. The molecule has 0 amide bonds. The second-order valence-electron chi connectivity index (χ2n) is 5.91. The number of pyridine rings is 1. The number of aryl methyl sites for hydroxylation is 1. The fourth-order valence-corrected chi connectivity index (χ4v) is 4.08. The summed E-state index contributed by atoms with van der Waals surface area (Å²) in [4.78, 5) is 5.46. The third kappa shape index (κ3) is 2.39. The van der Waals surface area contributed by atoms with Crippen molar-refractivity contribution in [2.75, 3.05) is 4.31 Å². The number of benzene rings is 1. The first-order chi connectivity index (χ1) is 10.7. The van der Waals surface area contributed by atoms with E-state index in [1.165, 1.54) is 6.42 Å². The number of anilines is 1. The summed E-state index contributed by atoms with van der Waals surface area (Å²) >= 11 is 0. The van der Waals surface area contributed by atoms with Crippen LogP contribution in [-0.4, -0.2) is 15.3 Å². The number of fused-ring (bicyclic) bond motifs is 1. The normalized spacial score (nSPS) is 20.6. The lowest BCUT2D eigenvalue weighted by Gasteiger charge is -2.26. The Morgan fingerprint density at radius 1 is 1.27 bits per heavy atom. The molecule has 5 heteroatoms. The van der Waals surface area contributed by atoms with Crippen LogP contribution in [0.2, 0.25) is 0 Å². The van der Waals surface area contributed by atoms with Crippen LogP contribution in [0.25, 0.3) is 0 Å². The van der Waals surface area contributed by atoms with Crippen LogP contribution >= 0.6 is 0 Å². The van der Waals surface area contributed by atoms with Crippen LogP contribution in [0.3, 0.4) is 0 Å². The third-order valence-electron chi connectivity index (χ3n) is 4.20. The topological polar surface area (TPSA) is 42.4 Å². The van der Waals surface area contributed by atoms with E-state index in [0.717, 1.165) is 34.7 Å². The van der Waals surface area contributed by atoms with Crippen molar-refractivity contribution < 1.29 is 8.95 Å². The van der Waals surface area contributed by atoms with Crippen LogP contribution < -0.4 is 9.04 Å². The quantitative estimate of drug-likeness (QED) is 0.872. The van der Waals surface area contributed by atoms with Gasteiger partial charge in [-0.05, 0) is 49.4 Å². The molecule has 0 N–H and O–H groups in total. The van der Waals surface area contributed by atoms with Gasteiger partial charge in [0.2, 0.25) is 5.88 Å². The number of hydrogen-bond acceptors (Lipinski definition) is 3. The molecule has 2 aromatic rings. The van der Waals surface area contributed by atoms with Gasteiger partial charge in [-0.3, -0.25) is 4.31 Å². The summed E-state index contributed by atoms with van der Waals surface area (Å²) < 4.78 is 20.4. The molecule has 0 radical (unpaired) electrons. The van der Waals surface area contributed by atoms with Gasteiger partial charge in [0.15, 0.2) is 11.0 Å². The van der Waals surface area contributed by atoms with Crippen LogP contribution in [0.5, 0.6) is 5.88 Å². The van der Waals surface area contributed by atoms with Crippen LogP contribution in [-0.2, 0) is 17.5 Å². The van der Waals surface area contributed by atoms with Crippen LogP contribution in [0.1, 0.15) is 30.4 Å². The van der Waals surface area contributed by atoms with Gasteiger partial charge in [-0.2, -0.15) is 4.98 Å². The smallest absolute Gasteiger partial charge is 0.215 e. The summed E-state index contributed by atoms with van der Waals surface area (Å²) in [7, 11) is -1.19. The summed E-state index contributed by atoms with van der Waals surface area (Å²) in [5, 5.41) is 0. The summed E-state index contributed by atoms with van der Waals surface area (Å²) in [6.07, 6.45) is 3.73. The van der Waals surface area contributed by atoms with Crippen LogP contribution in [0.4, 0.5) is 5.82 Å². The molecule has 1 aliphatic heterocycles. The van der Waals surface area contributed by atoms with E-state index >= 15 is 0 Å². The number of rotatable bonds is 3. The highest BCUT2D eigenvalue weighted by molar-refractivity contribution is 7.86. The molecular weight excluding hydrogens is 296 g/mol. The van der Waals surface area contributed by atoms with Gasteiger partial charge in [0.25, 0.3) is 0 Å². The lowest BCUT2D eigenvalue weighted by atomic mass is 9.96. The summed E-state index contributed by atoms with van der Waals surface area (Å²) in [6.45, 7) is 2.65. The zero-order valence-electron chi connectivity index (χ0n) is 12.5. The molecule has 1 unspecified atom stereocenters. The first kappa shape index (κ1) is 13.8. The zero-order chi connectivity index (χ0) is 15.1. The average molecular weight is 314 g/mol. The monoisotopic (exact) mass is 314 g/mol. The molecule has 0 spiro atoms. The fourth-order valence-electron chi connectivity index (χ4n) is 2.77. The summed E-state index contributed by atoms with van der Waals surface area (Å²) in [5.41, 5.74) is 2.18. The minimum atomic E-state index is -1.19. The molecule has 4 nitrogen and oxygen atoms in total. The Morgan fingerprint density at radius 2 is 2.09 bits per heavy atom. The molecule has 114 valence electrons. The molecule has 1 atom stereocenters. The Labute approximate surface area is 132 Å². The Morgan fingerprint density at radius 3 is 2.82 bits per heavy atom.